The number of hydrogen-bond acceptors (Lipinski definition) is 2. The van der Waals surface area contributed by atoms with Gasteiger partial charge in [0.05, 0.1) is 0 Å². The molecule has 0 aliphatic carbocycles. The van der Waals surface area contributed by atoms with Crippen LogP contribution in [0, 0.1) is 11.8 Å². The lowest BCUT2D eigenvalue weighted by Crippen LogP contribution is -2.38. The van der Waals surface area contributed by atoms with E-state index in [9.17, 15) is 4.79 Å². The number of hydrogen-bond donors (Lipinski definition) is 1. The van der Waals surface area contributed by atoms with E-state index in [4.69, 9.17) is 0 Å². The van der Waals surface area contributed by atoms with Crippen LogP contribution in [-0.4, -0.2) is 36.5 Å². The molecule has 2 atom stereocenters. The summed E-state index contributed by atoms with van der Waals surface area (Å²) < 4.78 is 0. The highest BCUT2D eigenvalue weighted by Gasteiger charge is 2.32. The number of rotatable bonds is 3. The first-order chi connectivity index (χ1) is 7.16. The summed E-state index contributed by atoms with van der Waals surface area (Å²) in [4.78, 5) is 13.8. The van der Waals surface area contributed by atoms with Crippen molar-refractivity contribution < 1.29 is 4.79 Å². The van der Waals surface area contributed by atoms with E-state index in [-0.39, 0.29) is 0 Å². The zero-order valence-electron chi connectivity index (χ0n) is 9.83. The molecule has 3 nitrogen and oxygen atoms in total. The predicted octanol–water partition coefficient (Wildman–Crippen LogP) is 1.24. The molecular formula is C12H22N2O. The van der Waals surface area contributed by atoms with Crippen LogP contribution in [0.5, 0.6) is 0 Å². The fourth-order valence-electron chi connectivity index (χ4n) is 2.60. The smallest absolute Gasteiger partial charge is 0.222 e. The predicted molar refractivity (Wildman–Crippen MR) is 60.5 cm³/mol. The number of carbonyl (C=O) groups excluding carboxylic acids is 1. The molecule has 0 aromatic carbocycles. The molecule has 0 bridgehead atoms. The monoisotopic (exact) mass is 210 g/mol. The first-order valence-corrected chi connectivity index (χ1v) is 6.18. The van der Waals surface area contributed by atoms with Crippen LogP contribution in [0.15, 0.2) is 0 Å². The zero-order valence-corrected chi connectivity index (χ0v) is 9.83. The van der Waals surface area contributed by atoms with E-state index in [1.807, 2.05) is 0 Å². The summed E-state index contributed by atoms with van der Waals surface area (Å²) in [7, 11) is 0. The molecule has 2 aliphatic heterocycles. The van der Waals surface area contributed by atoms with E-state index in [0.717, 1.165) is 26.1 Å². The maximum atomic E-state index is 11.8. The van der Waals surface area contributed by atoms with Gasteiger partial charge in [0.1, 0.15) is 0 Å². The normalized spacial score (nSPS) is 31.9. The minimum absolute atomic E-state index is 0.363. The van der Waals surface area contributed by atoms with Crippen LogP contribution in [0.4, 0.5) is 0 Å². The summed E-state index contributed by atoms with van der Waals surface area (Å²) in [6.45, 7) is 7.47. The van der Waals surface area contributed by atoms with Gasteiger partial charge in [0.25, 0.3) is 0 Å². The lowest BCUT2D eigenvalue weighted by Gasteiger charge is -2.21. The topological polar surface area (TPSA) is 32.3 Å². The molecule has 0 aromatic heterocycles. The van der Waals surface area contributed by atoms with Crippen molar-refractivity contribution in [2.45, 2.75) is 39.2 Å². The van der Waals surface area contributed by atoms with Gasteiger partial charge in [0.15, 0.2) is 0 Å². The van der Waals surface area contributed by atoms with Gasteiger partial charge in [0, 0.05) is 25.6 Å². The van der Waals surface area contributed by atoms with Gasteiger partial charge in [-0.25, -0.2) is 0 Å². The second-order valence-electron chi connectivity index (χ2n) is 5.30. The van der Waals surface area contributed by atoms with E-state index < -0.39 is 0 Å². The van der Waals surface area contributed by atoms with Gasteiger partial charge in [-0.1, -0.05) is 13.8 Å². The van der Waals surface area contributed by atoms with Gasteiger partial charge < -0.3 is 10.2 Å². The Balaban J connectivity index is 1.85. The fraction of sp³-hybridized carbons (Fsp3) is 0.917. The Morgan fingerprint density at radius 2 is 2.33 bits per heavy atom. The van der Waals surface area contributed by atoms with E-state index in [2.05, 4.69) is 24.1 Å². The first kappa shape index (κ1) is 10.9. The average molecular weight is 210 g/mol. The molecule has 15 heavy (non-hydrogen) atoms. The van der Waals surface area contributed by atoms with E-state index in [1.54, 1.807) is 0 Å². The van der Waals surface area contributed by atoms with Crippen LogP contribution in [-0.2, 0) is 4.79 Å². The maximum absolute atomic E-state index is 11.8. The van der Waals surface area contributed by atoms with Crippen molar-refractivity contribution in [3.05, 3.63) is 0 Å². The summed E-state index contributed by atoms with van der Waals surface area (Å²) in [5, 5.41) is 3.45. The molecule has 1 unspecified atom stereocenters. The van der Waals surface area contributed by atoms with Crippen molar-refractivity contribution in [2.75, 3.05) is 19.6 Å². The molecule has 1 amide bonds. The second-order valence-corrected chi connectivity index (χ2v) is 5.30. The highest BCUT2D eigenvalue weighted by atomic mass is 16.2. The third-order valence-corrected chi connectivity index (χ3v) is 3.79. The highest BCUT2D eigenvalue weighted by molar-refractivity contribution is 5.78. The Labute approximate surface area is 92.2 Å². The number of nitrogens with zero attached hydrogens (tertiary/aromatic N) is 1. The zero-order chi connectivity index (χ0) is 10.8. The van der Waals surface area contributed by atoms with Crippen LogP contribution < -0.4 is 5.32 Å². The molecule has 2 saturated heterocycles. The summed E-state index contributed by atoms with van der Waals surface area (Å²) in [6, 6.07) is 0.555. The van der Waals surface area contributed by atoms with Gasteiger partial charge in [0.2, 0.25) is 5.91 Å². The van der Waals surface area contributed by atoms with Crippen LogP contribution >= 0.6 is 0 Å². The van der Waals surface area contributed by atoms with Gasteiger partial charge in [-0.15, -0.1) is 0 Å². The molecule has 2 fully saturated rings. The van der Waals surface area contributed by atoms with Crippen LogP contribution in [0.3, 0.4) is 0 Å². The number of amides is 1. The minimum Gasteiger partial charge on any atom is -0.341 e. The fourth-order valence-corrected chi connectivity index (χ4v) is 2.60. The summed E-state index contributed by atoms with van der Waals surface area (Å²) in [6.07, 6.45) is 3.26. The highest BCUT2D eigenvalue weighted by Crippen LogP contribution is 2.25. The molecule has 1 N–H and O–H groups in total. The number of likely N-dealkylation sites (tertiary alicyclic amines) is 1. The van der Waals surface area contributed by atoms with Crippen LogP contribution in [0.1, 0.15) is 33.1 Å². The minimum atomic E-state index is 0.363. The molecule has 2 heterocycles. The Bertz CT molecular complexity index is 234. The van der Waals surface area contributed by atoms with Crippen LogP contribution in [0.25, 0.3) is 0 Å². The van der Waals surface area contributed by atoms with Crippen molar-refractivity contribution in [2.24, 2.45) is 11.8 Å². The third kappa shape index (κ3) is 2.51. The number of carbonyl (C=O) groups is 1. The largest absolute Gasteiger partial charge is 0.341 e. The summed E-state index contributed by atoms with van der Waals surface area (Å²) in [5.41, 5.74) is 0. The van der Waals surface area contributed by atoms with Crippen LogP contribution in [0.2, 0.25) is 0 Å². The Kier molecular flexibility index (Phi) is 3.29. The van der Waals surface area contributed by atoms with Gasteiger partial charge in [-0.05, 0) is 31.2 Å². The Morgan fingerprint density at radius 3 is 2.87 bits per heavy atom. The Morgan fingerprint density at radius 1 is 1.53 bits per heavy atom. The molecule has 2 aliphatic rings. The molecule has 0 radical (unpaired) electrons. The maximum Gasteiger partial charge on any atom is 0.222 e. The average Bonchev–Trinajstić information content (AvgIpc) is 2.77. The van der Waals surface area contributed by atoms with Crippen molar-refractivity contribution in [1.29, 1.82) is 0 Å². The third-order valence-electron chi connectivity index (χ3n) is 3.79. The lowest BCUT2D eigenvalue weighted by atomic mass is 9.95. The second kappa shape index (κ2) is 4.52. The molecule has 0 spiro atoms. The molecule has 86 valence electrons. The molecule has 0 saturated carbocycles. The van der Waals surface area contributed by atoms with Gasteiger partial charge in [-0.2, -0.15) is 0 Å². The van der Waals surface area contributed by atoms with Gasteiger partial charge >= 0.3 is 0 Å². The first-order valence-electron chi connectivity index (χ1n) is 6.18. The van der Waals surface area contributed by atoms with Crippen molar-refractivity contribution in [3.63, 3.8) is 0 Å². The summed E-state index contributed by atoms with van der Waals surface area (Å²) in [5.74, 6) is 1.58. The SMILES string of the molecule is CC(C)C1CC(=O)N(C[C@H]2CCCN2)C1. The van der Waals surface area contributed by atoms with E-state index in [1.165, 1.54) is 12.8 Å². The number of nitrogens with one attached hydrogen (secondary N) is 1. The Hall–Kier alpha value is -0.570. The van der Waals surface area contributed by atoms with Crippen molar-refractivity contribution >= 4 is 5.91 Å². The van der Waals surface area contributed by atoms with Gasteiger partial charge in [-0.3, -0.25) is 4.79 Å². The summed E-state index contributed by atoms with van der Waals surface area (Å²) >= 11 is 0. The molecular weight excluding hydrogens is 188 g/mol. The lowest BCUT2D eigenvalue weighted by molar-refractivity contribution is -0.128. The molecule has 2 rings (SSSR count). The standard InChI is InChI=1S/C12H22N2O/c1-9(2)10-6-12(15)14(7-10)8-11-4-3-5-13-11/h9-11,13H,3-8H2,1-2H3/t10?,11-/m1/s1. The molecule has 3 heteroatoms. The van der Waals surface area contributed by atoms with E-state index in [0.29, 0.717) is 23.8 Å². The quantitative estimate of drug-likeness (QED) is 0.760. The van der Waals surface area contributed by atoms with Crippen molar-refractivity contribution in [3.8, 4) is 0 Å². The van der Waals surface area contributed by atoms with E-state index >= 15 is 0 Å². The van der Waals surface area contributed by atoms with Crippen molar-refractivity contribution in [1.82, 2.24) is 10.2 Å². The molecule has 0 aromatic rings.